The maximum Gasteiger partial charge on any atom is 0.147 e. The first kappa shape index (κ1) is 11.9. The first-order valence-electron chi connectivity index (χ1n) is 7.13. The molecule has 1 N–H and O–H groups in total. The van der Waals surface area contributed by atoms with Crippen LogP contribution >= 0.6 is 0 Å². The smallest absolute Gasteiger partial charge is 0.147 e. The molecule has 2 aliphatic rings. The summed E-state index contributed by atoms with van der Waals surface area (Å²) < 4.78 is 0. The van der Waals surface area contributed by atoms with Crippen molar-refractivity contribution in [3.05, 3.63) is 18.1 Å². The lowest BCUT2D eigenvalue weighted by atomic mass is 9.99. The fourth-order valence-corrected chi connectivity index (χ4v) is 2.87. The topological polar surface area (TPSA) is 41.1 Å². The Labute approximate surface area is 109 Å². The van der Waals surface area contributed by atoms with Crippen molar-refractivity contribution in [2.75, 3.05) is 24.5 Å². The van der Waals surface area contributed by atoms with Gasteiger partial charge < -0.3 is 10.2 Å². The second-order valence-electron chi connectivity index (χ2n) is 5.62. The summed E-state index contributed by atoms with van der Waals surface area (Å²) in [6.07, 6.45) is 8.81. The van der Waals surface area contributed by atoms with Gasteiger partial charge in [0.2, 0.25) is 0 Å². The van der Waals surface area contributed by atoms with E-state index in [1.807, 2.05) is 12.4 Å². The van der Waals surface area contributed by atoms with Crippen LogP contribution in [0.4, 0.5) is 5.82 Å². The fourth-order valence-electron chi connectivity index (χ4n) is 2.87. The molecule has 2 aliphatic heterocycles. The molecule has 18 heavy (non-hydrogen) atoms. The number of anilines is 1. The van der Waals surface area contributed by atoms with Gasteiger partial charge in [-0.15, -0.1) is 0 Å². The molecule has 4 nitrogen and oxygen atoms in total. The molecule has 1 aromatic rings. The Hall–Kier alpha value is -1.16. The molecule has 2 fully saturated rings. The zero-order chi connectivity index (χ0) is 12.4. The van der Waals surface area contributed by atoms with Gasteiger partial charge in [-0.25, -0.2) is 4.98 Å². The van der Waals surface area contributed by atoms with Crippen molar-refractivity contribution in [3.63, 3.8) is 0 Å². The van der Waals surface area contributed by atoms with Gasteiger partial charge in [-0.3, -0.25) is 4.98 Å². The first-order chi connectivity index (χ1) is 8.83. The largest absolute Gasteiger partial charge is 0.355 e. The van der Waals surface area contributed by atoms with Crippen LogP contribution in [0.25, 0.3) is 0 Å². The Balaban J connectivity index is 1.74. The molecule has 3 heterocycles. The predicted molar refractivity (Wildman–Crippen MR) is 72.6 cm³/mol. The number of aromatic nitrogens is 2. The Morgan fingerprint density at radius 3 is 2.78 bits per heavy atom. The molecular weight excluding hydrogens is 224 g/mol. The Morgan fingerprint density at radius 2 is 2.06 bits per heavy atom. The van der Waals surface area contributed by atoms with Crippen molar-refractivity contribution < 1.29 is 0 Å². The number of rotatable bonds is 2. The third-order valence-electron chi connectivity index (χ3n) is 4.17. The van der Waals surface area contributed by atoms with Crippen molar-refractivity contribution in [1.82, 2.24) is 15.3 Å². The maximum absolute atomic E-state index is 4.80. The van der Waals surface area contributed by atoms with Crippen LogP contribution in [0.2, 0.25) is 0 Å². The van der Waals surface area contributed by atoms with E-state index in [0.29, 0.717) is 6.04 Å². The van der Waals surface area contributed by atoms with Crippen LogP contribution in [0.1, 0.15) is 44.3 Å². The fraction of sp³-hybridized carbons (Fsp3) is 0.714. The third-order valence-corrected chi connectivity index (χ3v) is 4.17. The normalized spacial score (nSPS) is 25.6. The molecule has 0 aliphatic carbocycles. The van der Waals surface area contributed by atoms with Gasteiger partial charge in [-0.1, -0.05) is 6.92 Å². The molecule has 0 unspecified atom stereocenters. The van der Waals surface area contributed by atoms with Crippen molar-refractivity contribution in [1.29, 1.82) is 0 Å². The number of nitrogens with one attached hydrogen (secondary N) is 1. The summed E-state index contributed by atoms with van der Waals surface area (Å²) in [5.41, 5.74) is 1.11. The zero-order valence-electron chi connectivity index (χ0n) is 11.1. The highest BCUT2D eigenvalue weighted by molar-refractivity contribution is 5.37. The van der Waals surface area contributed by atoms with E-state index in [0.717, 1.165) is 37.1 Å². The van der Waals surface area contributed by atoms with Crippen molar-refractivity contribution in [2.45, 2.75) is 38.6 Å². The molecular formula is C14H22N4. The summed E-state index contributed by atoms with van der Waals surface area (Å²) in [6.45, 7) is 5.69. The molecule has 4 heteroatoms. The summed E-state index contributed by atoms with van der Waals surface area (Å²) in [4.78, 5) is 11.6. The van der Waals surface area contributed by atoms with Gasteiger partial charge in [0.05, 0.1) is 24.1 Å². The van der Waals surface area contributed by atoms with E-state index in [1.165, 1.54) is 25.7 Å². The van der Waals surface area contributed by atoms with Gasteiger partial charge in [0.15, 0.2) is 0 Å². The summed E-state index contributed by atoms with van der Waals surface area (Å²) in [5.74, 6) is 1.92. The van der Waals surface area contributed by atoms with E-state index < -0.39 is 0 Å². The van der Waals surface area contributed by atoms with Gasteiger partial charge in [-0.2, -0.15) is 0 Å². The zero-order valence-corrected chi connectivity index (χ0v) is 11.1. The van der Waals surface area contributed by atoms with Crippen LogP contribution in [-0.2, 0) is 0 Å². The molecule has 0 amide bonds. The summed E-state index contributed by atoms with van der Waals surface area (Å²) >= 11 is 0. The van der Waals surface area contributed by atoms with Gasteiger partial charge in [0.1, 0.15) is 5.82 Å². The molecule has 98 valence electrons. The average Bonchev–Trinajstić information content (AvgIpc) is 2.94. The molecule has 0 aromatic carbocycles. The monoisotopic (exact) mass is 246 g/mol. The van der Waals surface area contributed by atoms with Crippen LogP contribution in [-0.4, -0.2) is 29.6 Å². The lowest BCUT2D eigenvalue weighted by molar-refractivity contribution is 0.435. The van der Waals surface area contributed by atoms with Crippen LogP contribution in [0, 0.1) is 5.92 Å². The molecule has 1 aromatic heterocycles. The summed E-state index contributed by atoms with van der Waals surface area (Å²) in [7, 11) is 0. The van der Waals surface area contributed by atoms with Crippen molar-refractivity contribution >= 4 is 5.82 Å². The van der Waals surface area contributed by atoms with Gasteiger partial charge in [0.25, 0.3) is 0 Å². The van der Waals surface area contributed by atoms with Gasteiger partial charge >= 0.3 is 0 Å². The highest BCUT2D eigenvalue weighted by Crippen LogP contribution is 2.24. The minimum Gasteiger partial charge on any atom is -0.355 e. The Bertz CT molecular complexity index is 393. The number of hydrogen-bond donors (Lipinski definition) is 1. The number of hydrogen-bond acceptors (Lipinski definition) is 4. The molecule has 0 bridgehead atoms. The molecule has 0 saturated carbocycles. The Morgan fingerprint density at radius 1 is 1.22 bits per heavy atom. The number of nitrogens with zero attached hydrogens (tertiary/aromatic N) is 3. The van der Waals surface area contributed by atoms with Gasteiger partial charge in [0, 0.05) is 13.1 Å². The lowest BCUT2D eigenvalue weighted by Gasteiger charge is -2.31. The molecule has 0 radical (unpaired) electrons. The Kier molecular flexibility index (Phi) is 3.46. The standard InChI is InChI=1S/C14H22N4/c1-11-4-7-18(8-5-11)14-10-15-9-13(17-14)12-3-2-6-16-12/h9-12,16H,2-8H2,1H3/t12-/m1/s1. The minimum absolute atomic E-state index is 0.418. The minimum atomic E-state index is 0.418. The van der Waals surface area contributed by atoms with E-state index in [4.69, 9.17) is 4.98 Å². The van der Waals surface area contributed by atoms with E-state index >= 15 is 0 Å². The highest BCUT2D eigenvalue weighted by atomic mass is 15.2. The van der Waals surface area contributed by atoms with Gasteiger partial charge in [-0.05, 0) is 38.1 Å². The van der Waals surface area contributed by atoms with Crippen LogP contribution in [0.3, 0.4) is 0 Å². The van der Waals surface area contributed by atoms with E-state index in [9.17, 15) is 0 Å². The van der Waals surface area contributed by atoms with Crippen molar-refractivity contribution in [3.8, 4) is 0 Å². The molecule has 2 saturated heterocycles. The van der Waals surface area contributed by atoms with Crippen LogP contribution in [0.5, 0.6) is 0 Å². The number of piperidine rings is 1. The first-order valence-corrected chi connectivity index (χ1v) is 7.13. The lowest BCUT2D eigenvalue weighted by Crippen LogP contribution is -2.33. The van der Waals surface area contributed by atoms with E-state index in [-0.39, 0.29) is 0 Å². The van der Waals surface area contributed by atoms with E-state index in [1.54, 1.807) is 0 Å². The SMILES string of the molecule is CC1CCN(c2cncc([C@H]3CCCN3)n2)CC1. The molecule has 3 rings (SSSR count). The quantitative estimate of drug-likeness (QED) is 0.868. The van der Waals surface area contributed by atoms with Crippen LogP contribution < -0.4 is 10.2 Å². The second kappa shape index (κ2) is 5.22. The third kappa shape index (κ3) is 2.48. The van der Waals surface area contributed by atoms with Crippen molar-refractivity contribution in [2.24, 2.45) is 5.92 Å². The van der Waals surface area contributed by atoms with Crippen LogP contribution in [0.15, 0.2) is 12.4 Å². The summed E-state index contributed by atoms with van der Waals surface area (Å²) in [6, 6.07) is 0.418. The predicted octanol–water partition coefficient (Wildman–Crippen LogP) is 2.14. The van der Waals surface area contributed by atoms with E-state index in [2.05, 4.69) is 22.1 Å². The average molecular weight is 246 g/mol. The second-order valence-corrected chi connectivity index (χ2v) is 5.62. The maximum atomic E-state index is 4.80. The summed E-state index contributed by atoms with van der Waals surface area (Å²) in [5, 5.41) is 3.49. The molecule has 1 atom stereocenters. The highest BCUT2D eigenvalue weighted by Gasteiger charge is 2.21. The molecule has 0 spiro atoms.